The minimum absolute atomic E-state index is 0.178. The normalized spacial score (nSPS) is 10.9. The maximum absolute atomic E-state index is 13.9. The predicted molar refractivity (Wildman–Crippen MR) is 88.3 cm³/mol. The SMILES string of the molecule is CCCNCc1cc(-c2cc(C)c(C)cc2Cl)ccc1F. The van der Waals surface area contributed by atoms with Gasteiger partial charge in [0.25, 0.3) is 0 Å². The average Bonchev–Trinajstić information content (AvgIpc) is 2.45. The topological polar surface area (TPSA) is 12.0 Å². The Kier molecular flexibility index (Phi) is 5.38. The van der Waals surface area contributed by atoms with Gasteiger partial charge in [0, 0.05) is 22.7 Å². The van der Waals surface area contributed by atoms with Gasteiger partial charge in [-0.15, -0.1) is 0 Å². The Morgan fingerprint density at radius 2 is 1.81 bits per heavy atom. The summed E-state index contributed by atoms with van der Waals surface area (Å²) in [5.74, 6) is -0.178. The summed E-state index contributed by atoms with van der Waals surface area (Å²) in [4.78, 5) is 0. The number of halogens is 2. The molecule has 0 fully saturated rings. The lowest BCUT2D eigenvalue weighted by molar-refractivity contribution is 0.587. The Labute approximate surface area is 131 Å². The van der Waals surface area contributed by atoms with Crippen molar-refractivity contribution in [3.8, 4) is 11.1 Å². The van der Waals surface area contributed by atoms with Crippen LogP contribution in [-0.2, 0) is 6.54 Å². The summed E-state index contributed by atoms with van der Waals surface area (Å²) < 4.78 is 13.9. The molecule has 0 saturated heterocycles. The number of rotatable bonds is 5. The third-order valence-electron chi connectivity index (χ3n) is 3.68. The lowest BCUT2D eigenvalue weighted by atomic mass is 9.98. The average molecular weight is 306 g/mol. The fourth-order valence-electron chi connectivity index (χ4n) is 2.28. The minimum atomic E-state index is -0.178. The van der Waals surface area contributed by atoms with E-state index in [0.29, 0.717) is 17.1 Å². The van der Waals surface area contributed by atoms with E-state index < -0.39 is 0 Å². The molecule has 2 aromatic rings. The number of hydrogen-bond acceptors (Lipinski definition) is 1. The van der Waals surface area contributed by atoms with Gasteiger partial charge in [0.1, 0.15) is 5.82 Å². The maximum atomic E-state index is 13.9. The smallest absolute Gasteiger partial charge is 0.127 e. The first-order valence-electron chi connectivity index (χ1n) is 7.29. The first kappa shape index (κ1) is 16.0. The standard InChI is InChI=1S/C18H21ClFN/c1-4-7-21-11-15-10-14(5-6-18(15)20)16-8-12(2)13(3)9-17(16)19/h5-6,8-10,21H,4,7,11H2,1-3H3. The summed E-state index contributed by atoms with van der Waals surface area (Å²) >= 11 is 6.35. The van der Waals surface area contributed by atoms with Crippen molar-refractivity contribution in [3.05, 3.63) is 57.9 Å². The van der Waals surface area contributed by atoms with Crippen molar-refractivity contribution in [3.63, 3.8) is 0 Å². The quantitative estimate of drug-likeness (QED) is 0.743. The first-order chi connectivity index (χ1) is 10.0. The summed E-state index contributed by atoms with van der Waals surface area (Å²) in [6, 6.07) is 9.21. The molecule has 0 atom stereocenters. The molecule has 0 bridgehead atoms. The molecule has 0 spiro atoms. The van der Waals surface area contributed by atoms with E-state index in [0.717, 1.165) is 29.7 Å². The van der Waals surface area contributed by atoms with Gasteiger partial charge in [-0.25, -0.2) is 4.39 Å². The van der Waals surface area contributed by atoms with Crippen LogP contribution in [0.3, 0.4) is 0 Å². The van der Waals surface area contributed by atoms with E-state index in [1.165, 1.54) is 11.6 Å². The third-order valence-corrected chi connectivity index (χ3v) is 4.00. The van der Waals surface area contributed by atoms with Gasteiger partial charge >= 0.3 is 0 Å². The monoisotopic (exact) mass is 305 g/mol. The molecule has 2 rings (SSSR count). The zero-order chi connectivity index (χ0) is 15.4. The summed E-state index contributed by atoms with van der Waals surface area (Å²) in [6.07, 6.45) is 1.03. The first-order valence-corrected chi connectivity index (χ1v) is 7.67. The second-order valence-electron chi connectivity index (χ2n) is 5.40. The lowest BCUT2D eigenvalue weighted by Gasteiger charge is -2.11. The summed E-state index contributed by atoms with van der Waals surface area (Å²) in [7, 11) is 0. The van der Waals surface area contributed by atoms with Crippen LogP contribution in [0.2, 0.25) is 5.02 Å². The van der Waals surface area contributed by atoms with Crippen LogP contribution >= 0.6 is 11.6 Å². The molecular weight excluding hydrogens is 285 g/mol. The molecule has 0 aromatic heterocycles. The van der Waals surface area contributed by atoms with E-state index in [9.17, 15) is 4.39 Å². The van der Waals surface area contributed by atoms with Gasteiger partial charge in [-0.1, -0.05) is 24.6 Å². The molecule has 0 heterocycles. The van der Waals surface area contributed by atoms with Gasteiger partial charge in [-0.2, -0.15) is 0 Å². The van der Waals surface area contributed by atoms with Gasteiger partial charge in [-0.3, -0.25) is 0 Å². The molecule has 3 heteroatoms. The van der Waals surface area contributed by atoms with Crippen LogP contribution < -0.4 is 5.32 Å². The molecule has 0 aliphatic rings. The van der Waals surface area contributed by atoms with Crippen molar-refractivity contribution in [1.82, 2.24) is 5.32 Å². The zero-order valence-electron chi connectivity index (χ0n) is 12.8. The number of benzene rings is 2. The molecule has 21 heavy (non-hydrogen) atoms. The van der Waals surface area contributed by atoms with Crippen LogP contribution in [0, 0.1) is 19.7 Å². The predicted octanol–water partition coefficient (Wildman–Crippen LogP) is 5.26. The largest absolute Gasteiger partial charge is 0.313 e. The number of aryl methyl sites for hydroxylation is 2. The Hall–Kier alpha value is -1.38. The van der Waals surface area contributed by atoms with Crippen LogP contribution in [0.1, 0.15) is 30.0 Å². The van der Waals surface area contributed by atoms with Gasteiger partial charge in [0.15, 0.2) is 0 Å². The Balaban J connectivity index is 2.36. The molecule has 112 valence electrons. The fourth-order valence-corrected chi connectivity index (χ4v) is 2.61. The van der Waals surface area contributed by atoms with E-state index in [1.807, 2.05) is 19.1 Å². The number of nitrogens with one attached hydrogen (secondary N) is 1. The highest BCUT2D eigenvalue weighted by molar-refractivity contribution is 6.33. The lowest BCUT2D eigenvalue weighted by Crippen LogP contribution is -2.14. The van der Waals surface area contributed by atoms with Crippen molar-refractivity contribution in [2.45, 2.75) is 33.7 Å². The van der Waals surface area contributed by atoms with Crippen molar-refractivity contribution in [2.75, 3.05) is 6.54 Å². The molecular formula is C18H21ClFN. The molecule has 0 aliphatic heterocycles. The second-order valence-corrected chi connectivity index (χ2v) is 5.81. The van der Waals surface area contributed by atoms with E-state index in [4.69, 9.17) is 11.6 Å². The third kappa shape index (κ3) is 3.84. The highest BCUT2D eigenvalue weighted by atomic mass is 35.5. The maximum Gasteiger partial charge on any atom is 0.127 e. The van der Waals surface area contributed by atoms with Crippen LogP contribution in [0.15, 0.2) is 30.3 Å². The summed E-state index contributed by atoms with van der Waals surface area (Å²) in [5.41, 5.74) is 4.93. The minimum Gasteiger partial charge on any atom is -0.313 e. The zero-order valence-corrected chi connectivity index (χ0v) is 13.5. The van der Waals surface area contributed by atoms with Crippen molar-refractivity contribution in [1.29, 1.82) is 0 Å². The van der Waals surface area contributed by atoms with Crippen LogP contribution in [0.25, 0.3) is 11.1 Å². The summed E-state index contributed by atoms with van der Waals surface area (Å²) in [6.45, 7) is 7.61. The van der Waals surface area contributed by atoms with Crippen molar-refractivity contribution < 1.29 is 4.39 Å². The Bertz CT molecular complexity index is 637. The molecule has 2 aromatic carbocycles. The molecule has 0 radical (unpaired) electrons. The Morgan fingerprint density at radius 3 is 2.52 bits per heavy atom. The van der Waals surface area contributed by atoms with Crippen LogP contribution in [-0.4, -0.2) is 6.54 Å². The number of hydrogen-bond donors (Lipinski definition) is 1. The van der Waals surface area contributed by atoms with Crippen LogP contribution in [0.5, 0.6) is 0 Å². The van der Waals surface area contributed by atoms with Gasteiger partial charge in [0.05, 0.1) is 0 Å². The van der Waals surface area contributed by atoms with Crippen molar-refractivity contribution >= 4 is 11.6 Å². The van der Waals surface area contributed by atoms with Gasteiger partial charge < -0.3 is 5.32 Å². The highest BCUT2D eigenvalue weighted by Crippen LogP contribution is 2.31. The van der Waals surface area contributed by atoms with Gasteiger partial charge in [-0.05, 0) is 67.8 Å². The molecule has 0 unspecified atom stereocenters. The van der Waals surface area contributed by atoms with Gasteiger partial charge in [0.2, 0.25) is 0 Å². The molecule has 0 aliphatic carbocycles. The van der Waals surface area contributed by atoms with E-state index >= 15 is 0 Å². The molecule has 0 amide bonds. The van der Waals surface area contributed by atoms with E-state index in [-0.39, 0.29) is 5.82 Å². The van der Waals surface area contributed by atoms with E-state index in [1.54, 1.807) is 6.07 Å². The fraction of sp³-hybridized carbons (Fsp3) is 0.333. The van der Waals surface area contributed by atoms with E-state index in [2.05, 4.69) is 25.2 Å². The highest BCUT2D eigenvalue weighted by Gasteiger charge is 2.09. The molecule has 1 nitrogen and oxygen atoms in total. The van der Waals surface area contributed by atoms with Crippen LogP contribution in [0.4, 0.5) is 4.39 Å². The Morgan fingerprint density at radius 1 is 1.10 bits per heavy atom. The summed E-state index contributed by atoms with van der Waals surface area (Å²) in [5, 5.41) is 3.94. The second kappa shape index (κ2) is 7.06. The van der Waals surface area contributed by atoms with Crippen molar-refractivity contribution in [2.24, 2.45) is 0 Å². The molecule has 0 saturated carbocycles. The molecule has 1 N–H and O–H groups in total.